The fourth-order valence-electron chi connectivity index (χ4n) is 2.57. The van der Waals surface area contributed by atoms with Crippen LogP contribution < -0.4 is 0 Å². The Morgan fingerprint density at radius 3 is 2.84 bits per heavy atom. The van der Waals surface area contributed by atoms with E-state index in [-0.39, 0.29) is 5.91 Å². The van der Waals surface area contributed by atoms with Crippen LogP contribution in [0.25, 0.3) is 0 Å². The summed E-state index contributed by atoms with van der Waals surface area (Å²) in [4.78, 5) is 29.0. The molecule has 2 aliphatic heterocycles. The van der Waals surface area contributed by atoms with Gasteiger partial charge in [0.2, 0.25) is 0 Å². The summed E-state index contributed by atoms with van der Waals surface area (Å²) in [5.74, 6) is -0.269. The van der Waals surface area contributed by atoms with Crippen molar-refractivity contribution in [3.05, 3.63) is 18.2 Å². The van der Waals surface area contributed by atoms with Crippen molar-refractivity contribution in [3.63, 3.8) is 0 Å². The molecule has 7 nitrogen and oxygen atoms in total. The zero-order chi connectivity index (χ0) is 13.4. The highest BCUT2D eigenvalue weighted by Crippen LogP contribution is 2.23. The molecule has 1 amide bonds. The molecule has 0 radical (unpaired) electrons. The second-order valence-electron chi connectivity index (χ2n) is 4.83. The number of nitrogens with zero attached hydrogens (tertiary/aromatic N) is 3. The number of fused-ring (bicyclic) bond motifs is 1. The summed E-state index contributed by atoms with van der Waals surface area (Å²) < 4.78 is 7.30. The zero-order valence-electron chi connectivity index (χ0n) is 10.4. The molecule has 102 valence electrons. The van der Waals surface area contributed by atoms with Gasteiger partial charge < -0.3 is 19.3 Å². The van der Waals surface area contributed by atoms with Crippen LogP contribution in [0.5, 0.6) is 0 Å². The first-order chi connectivity index (χ1) is 9.15. The van der Waals surface area contributed by atoms with Gasteiger partial charge in [-0.1, -0.05) is 0 Å². The first kappa shape index (κ1) is 12.2. The molecule has 0 aliphatic carbocycles. The van der Waals surface area contributed by atoms with Crippen LogP contribution in [-0.4, -0.2) is 50.2 Å². The summed E-state index contributed by atoms with van der Waals surface area (Å²) in [5, 5.41) is 8.86. The van der Waals surface area contributed by atoms with E-state index in [1.165, 1.54) is 0 Å². The Morgan fingerprint density at radius 2 is 2.11 bits per heavy atom. The number of imidazole rings is 1. The van der Waals surface area contributed by atoms with Gasteiger partial charge in [-0.15, -0.1) is 0 Å². The lowest BCUT2D eigenvalue weighted by Gasteiger charge is -2.29. The van der Waals surface area contributed by atoms with Crippen molar-refractivity contribution in [1.82, 2.24) is 14.5 Å². The van der Waals surface area contributed by atoms with Crippen molar-refractivity contribution >= 4 is 11.9 Å². The number of amides is 1. The smallest absolute Gasteiger partial charge is 0.332 e. The van der Waals surface area contributed by atoms with E-state index in [4.69, 9.17) is 9.84 Å². The normalized spacial score (nSPS) is 26.2. The number of aliphatic carboxylic acids is 1. The number of aromatic nitrogens is 2. The highest BCUT2D eigenvalue weighted by atomic mass is 16.5. The van der Waals surface area contributed by atoms with E-state index in [1.807, 2.05) is 10.8 Å². The number of carbonyl (C=O) groups is 2. The van der Waals surface area contributed by atoms with Gasteiger partial charge in [0.25, 0.3) is 5.91 Å². The summed E-state index contributed by atoms with van der Waals surface area (Å²) in [6.45, 7) is 1.79. The molecule has 1 aromatic heterocycles. The van der Waals surface area contributed by atoms with Crippen LogP contribution in [0.3, 0.4) is 0 Å². The van der Waals surface area contributed by atoms with Crippen molar-refractivity contribution in [2.75, 3.05) is 6.54 Å². The van der Waals surface area contributed by atoms with Crippen molar-refractivity contribution in [3.8, 4) is 0 Å². The van der Waals surface area contributed by atoms with Crippen molar-refractivity contribution in [2.45, 2.75) is 38.1 Å². The predicted molar refractivity (Wildman–Crippen MR) is 63.2 cm³/mol. The Labute approximate surface area is 109 Å². The summed E-state index contributed by atoms with van der Waals surface area (Å²) in [6, 6.07) is 0. The molecule has 0 saturated carbocycles. The third-order valence-corrected chi connectivity index (χ3v) is 3.63. The van der Waals surface area contributed by atoms with Gasteiger partial charge in [0, 0.05) is 25.5 Å². The molecule has 0 bridgehead atoms. The van der Waals surface area contributed by atoms with Gasteiger partial charge >= 0.3 is 5.97 Å². The number of ether oxygens (including phenoxy) is 1. The lowest BCUT2D eigenvalue weighted by Crippen LogP contribution is -2.43. The standard InChI is InChI=1S/C12H15N3O4/c16-11(8-1-2-9(19-8)12(17)18)15-6-5-14-4-3-13-10(14)7-15/h3-4,8-9H,1-2,5-7H2,(H,17,18)/t8-,9+/m0/s1. The summed E-state index contributed by atoms with van der Waals surface area (Å²) >= 11 is 0. The van der Waals surface area contributed by atoms with Crippen LogP contribution in [-0.2, 0) is 27.4 Å². The number of carbonyl (C=O) groups excluding carboxylic acids is 1. The SMILES string of the molecule is O=C(O)[C@H]1CC[C@@H](C(=O)N2CCn3ccnc3C2)O1. The van der Waals surface area contributed by atoms with E-state index in [0.717, 1.165) is 12.4 Å². The molecule has 1 N–H and O–H groups in total. The van der Waals surface area contributed by atoms with E-state index in [0.29, 0.717) is 25.9 Å². The van der Waals surface area contributed by atoms with E-state index in [2.05, 4.69) is 4.98 Å². The Kier molecular flexibility index (Phi) is 2.98. The van der Waals surface area contributed by atoms with Gasteiger partial charge in [0.1, 0.15) is 11.9 Å². The minimum absolute atomic E-state index is 0.127. The van der Waals surface area contributed by atoms with Gasteiger partial charge in [0.05, 0.1) is 6.54 Å². The van der Waals surface area contributed by atoms with Gasteiger partial charge in [-0.25, -0.2) is 9.78 Å². The number of hydrogen-bond acceptors (Lipinski definition) is 4. The van der Waals surface area contributed by atoms with Crippen LogP contribution in [0.2, 0.25) is 0 Å². The first-order valence-electron chi connectivity index (χ1n) is 6.32. The molecule has 3 rings (SSSR count). The maximum absolute atomic E-state index is 12.3. The van der Waals surface area contributed by atoms with Crippen LogP contribution in [0.15, 0.2) is 12.4 Å². The maximum atomic E-state index is 12.3. The molecule has 0 unspecified atom stereocenters. The Morgan fingerprint density at radius 1 is 1.32 bits per heavy atom. The average molecular weight is 265 g/mol. The van der Waals surface area contributed by atoms with Crippen molar-refractivity contribution < 1.29 is 19.4 Å². The zero-order valence-corrected chi connectivity index (χ0v) is 10.4. The Bertz CT molecular complexity index is 513. The van der Waals surface area contributed by atoms with Gasteiger partial charge in [-0.05, 0) is 12.8 Å². The third-order valence-electron chi connectivity index (χ3n) is 3.63. The average Bonchev–Trinajstić information content (AvgIpc) is 3.06. The molecule has 0 aromatic carbocycles. The monoisotopic (exact) mass is 265 g/mol. The summed E-state index contributed by atoms with van der Waals surface area (Å²) in [7, 11) is 0. The predicted octanol–water partition coefficient (Wildman–Crippen LogP) is -0.143. The number of carboxylic acid groups (broad SMARTS) is 1. The molecule has 19 heavy (non-hydrogen) atoms. The highest BCUT2D eigenvalue weighted by Gasteiger charge is 2.37. The second-order valence-corrected chi connectivity index (χ2v) is 4.83. The Balaban J connectivity index is 1.65. The van der Waals surface area contributed by atoms with Crippen molar-refractivity contribution in [1.29, 1.82) is 0 Å². The molecular formula is C12H15N3O4. The number of carboxylic acids is 1. The van der Waals surface area contributed by atoms with Gasteiger partial charge in [-0.2, -0.15) is 0 Å². The van der Waals surface area contributed by atoms with Crippen molar-refractivity contribution in [2.24, 2.45) is 0 Å². The molecule has 7 heteroatoms. The molecule has 2 aliphatic rings. The van der Waals surface area contributed by atoms with Crippen LogP contribution in [0, 0.1) is 0 Å². The van der Waals surface area contributed by atoms with Crippen LogP contribution in [0.4, 0.5) is 0 Å². The molecule has 1 fully saturated rings. The minimum atomic E-state index is -0.996. The molecule has 0 spiro atoms. The Hall–Kier alpha value is -1.89. The minimum Gasteiger partial charge on any atom is -0.479 e. The van der Waals surface area contributed by atoms with E-state index in [1.54, 1.807) is 11.1 Å². The molecular weight excluding hydrogens is 250 g/mol. The second kappa shape index (κ2) is 4.65. The fourth-order valence-corrected chi connectivity index (χ4v) is 2.57. The third kappa shape index (κ3) is 2.21. The largest absolute Gasteiger partial charge is 0.479 e. The summed E-state index contributed by atoms with van der Waals surface area (Å²) in [5.41, 5.74) is 0. The van der Waals surface area contributed by atoms with Gasteiger partial charge in [0.15, 0.2) is 6.10 Å². The quantitative estimate of drug-likeness (QED) is 0.804. The topological polar surface area (TPSA) is 84.7 Å². The van der Waals surface area contributed by atoms with E-state index < -0.39 is 18.2 Å². The lowest BCUT2D eigenvalue weighted by atomic mass is 10.1. The molecule has 1 saturated heterocycles. The lowest BCUT2D eigenvalue weighted by molar-refractivity contribution is -0.155. The molecule has 2 atom stereocenters. The van der Waals surface area contributed by atoms with Crippen LogP contribution >= 0.6 is 0 Å². The number of hydrogen-bond donors (Lipinski definition) is 1. The van der Waals surface area contributed by atoms with Crippen LogP contribution in [0.1, 0.15) is 18.7 Å². The van der Waals surface area contributed by atoms with E-state index >= 15 is 0 Å². The fraction of sp³-hybridized carbons (Fsp3) is 0.583. The van der Waals surface area contributed by atoms with E-state index in [9.17, 15) is 9.59 Å². The maximum Gasteiger partial charge on any atom is 0.332 e. The molecule has 1 aromatic rings. The molecule has 3 heterocycles. The number of rotatable bonds is 2. The summed E-state index contributed by atoms with van der Waals surface area (Å²) in [6.07, 6.45) is 3.01. The van der Waals surface area contributed by atoms with Gasteiger partial charge in [-0.3, -0.25) is 4.79 Å². The highest BCUT2D eigenvalue weighted by molar-refractivity contribution is 5.82. The first-order valence-corrected chi connectivity index (χ1v) is 6.32.